The molecule has 21 heavy (non-hydrogen) atoms. The number of hydrogen-bond acceptors (Lipinski definition) is 2. The van der Waals surface area contributed by atoms with Gasteiger partial charge in [-0.15, -0.1) is 0 Å². The Hall–Kier alpha value is -1.61. The van der Waals surface area contributed by atoms with Crippen molar-refractivity contribution < 1.29 is 4.42 Å². The van der Waals surface area contributed by atoms with E-state index in [0.717, 1.165) is 21.5 Å². The average molecular weight is 344 g/mol. The van der Waals surface area contributed by atoms with Gasteiger partial charge in [-0.3, -0.25) is 0 Å². The molecule has 108 valence electrons. The van der Waals surface area contributed by atoms with Crippen LogP contribution in [-0.2, 0) is 11.8 Å². The van der Waals surface area contributed by atoms with Gasteiger partial charge in [0.25, 0.3) is 0 Å². The molecule has 0 saturated heterocycles. The van der Waals surface area contributed by atoms with E-state index in [1.165, 1.54) is 11.1 Å². The molecule has 2 nitrogen and oxygen atoms in total. The van der Waals surface area contributed by atoms with E-state index < -0.39 is 0 Å². The summed E-state index contributed by atoms with van der Waals surface area (Å²) < 4.78 is 6.93. The number of nitrogens with zero attached hydrogens (tertiary/aromatic N) is 1. The molecule has 0 radical (unpaired) electrons. The Morgan fingerprint density at radius 2 is 1.90 bits per heavy atom. The van der Waals surface area contributed by atoms with Gasteiger partial charge in [-0.2, -0.15) is 0 Å². The third kappa shape index (κ3) is 3.18. The molecule has 0 atom stereocenters. The van der Waals surface area contributed by atoms with E-state index in [4.69, 9.17) is 4.42 Å². The molecule has 3 rings (SSSR count). The quantitative estimate of drug-likeness (QED) is 0.615. The summed E-state index contributed by atoms with van der Waals surface area (Å²) in [6.07, 6.45) is 0.707. The molecular weight excluding hydrogens is 326 g/mol. The zero-order chi connectivity index (χ0) is 15.0. The van der Waals surface area contributed by atoms with Gasteiger partial charge in [-0.25, -0.2) is 4.98 Å². The van der Waals surface area contributed by atoms with Crippen molar-refractivity contribution in [3.05, 3.63) is 64.0 Å². The fourth-order valence-electron chi connectivity index (χ4n) is 2.34. The van der Waals surface area contributed by atoms with Crippen LogP contribution < -0.4 is 0 Å². The molecule has 3 aromatic rings. The van der Waals surface area contributed by atoms with Gasteiger partial charge in [0.05, 0.1) is 0 Å². The van der Waals surface area contributed by atoms with Gasteiger partial charge in [-0.05, 0) is 40.8 Å². The SMILES string of the molecule is CC(C)(C)c1ccc2oc(Cc3cccc(Br)c3)nc2c1. The van der Waals surface area contributed by atoms with Crippen molar-refractivity contribution in [1.82, 2.24) is 4.98 Å². The third-order valence-electron chi connectivity index (χ3n) is 3.54. The Labute approximate surface area is 133 Å². The second-order valence-corrected chi connectivity index (χ2v) is 7.26. The molecule has 0 aliphatic heterocycles. The molecule has 0 aliphatic rings. The molecule has 2 aromatic carbocycles. The summed E-state index contributed by atoms with van der Waals surface area (Å²) in [6, 6.07) is 14.5. The Bertz CT molecular complexity index is 783. The first-order valence-corrected chi connectivity index (χ1v) is 7.85. The molecule has 1 aromatic heterocycles. The Morgan fingerprint density at radius 1 is 1.10 bits per heavy atom. The molecule has 0 spiro atoms. The van der Waals surface area contributed by atoms with Crippen LogP contribution in [0.5, 0.6) is 0 Å². The molecule has 0 fully saturated rings. The number of hydrogen-bond donors (Lipinski definition) is 0. The van der Waals surface area contributed by atoms with Crippen LogP contribution in [-0.4, -0.2) is 4.98 Å². The Kier molecular flexibility index (Phi) is 3.62. The van der Waals surface area contributed by atoms with E-state index in [9.17, 15) is 0 Å². The third-order valence-corrected chi connectivity index (χ3v) is 4.04. The van der Waals surface area contributed by atoms with Crippen molar-refractivity contribution in [2.24, 2.45) is 0 Å². The maximum atomic E-state index is 5.85. The maximum absolute atomic E-state index is 5.85. The van der Waals surface area contributed by atoms with Crippen molar-refractivity contribution in [2.45, 2.75) is 32.6 Å². The zero-order valence-corrected chi connectivity index (χ0v) is 14.1. The highest BCUT2D eigenvalue weighted by molar-refractivity contribution is 9.10. The minimum absolute atomic E-state index is 0.123. The van der Waals surface area contributed by atoms with Crippen LogP contribution in [0.1, 0.15) is 37.8 Å². The van der Waals surface area contributed by atoms with Crippen molar-refractivity contribution >= 4 is 27.0 Å². The summed E-state index contributed by atoms with van der Waals surface area (Å²) in [6.45, 7) is 6.62. The lowest BCUT2D eigenvalue weighted by atomic mass is 9.87. The highest BCUT2D eigenvalue weighted by Gasteiger charge is 2.15. The number of benzene rings is 2. The number of oxazole rings is 1. The summed E-state index contributed by atoms with van der Waals surface area (Å²) in [5, 5.41) is 0. The Morgan fingerprint density at radius 3 is 2.62 bits per heavy atom. The molecule has 0 aliphatic carbocycles. The van der Waals surface area contributed by atoms with Gasteiger partial charge in [-0.1, -0.05) is 54.9 Å². The minimum atomic E-state index is 0.123. The van der Waals surface area contributed by atoms with E-state index >= 15 is 0 Å². The van der Waals surface area contributed by atoms with Gasteiger partial charge in [0.1, 0.15) is 5.52 Å². The smallest absolute Gasteiger partial charge is 0.199 e. The highest BCUT2D eigenvalue weighted by atomic mass is 79.9. The number of rotatable bonds is 2. The molecule has 0 unspecified atom stereocenters. The Balaban J connectivity index is 1.94. The normalized spacial score (nSPS) is 12.0. The highest BCUT2D eigenvalue weighted by Crippen LogP contribution is 2.27. The van der Waals surface area contributed by atoms with E-state index in [2.05, 4.69) is 66.0 Å². The summed E-state index contributed by atoms with van der Waals surface area (Å²) in [5.74, 6) is 0.758. The second kappa shape index (κ2) is 5.30. The second-order valence-electron chi connectivity index (χ2n) is 6.35. The molecular formula is C18H18BrNO. The van der Waals surface area contributed by atoms with E-state index in [-0.39, 0.29) is 5.41 Å². The molecule has 0 bridgehead atoms. The molecule has 3 heteroatoms. The van der Waals surface area contributed by atoms with Gasteiger partial charge < -0.3 is 4.42 Å². The average Bonchev–Trinajstić information content (AvgIpc) is 2.78. The van der Waals surface area contributed by atoms with Gasteiger partial charge in [0, 0.05) is 10.9 Å². The first kappa shape index (κ1) is 14.3. The fraction of sp³-hybridized carbons (Fsp3) is 0.278. The maximum Gasteiger partial charge on any atom is 0.199 e. The predicted molar refractivity (Wildman–Crippen MR) is 89.7 cm³/mol. The van der Waals surface area contributed by atoms with Crippen LogP contribution in [0.4, 0.5) is 0 Å². The predicted octanol–water partition coefficient (Wildman–Crippen LogP) is 5.48. The van der Waals surface area contributed by atoms with Gasteiger partial charge in [0.2, 0.25) is 0 Å². The largest absolute Gasteiger partial charge is 0.440 e. The van der Waals surface area contributed by atoms with Crippen LogP contribution in [0.15, 0.2) is 51.4 Å². The lowest BCUT2D eigenvalue weighted by Crippen LogP contribution is -2.10. The van der Waals surface area contributed by atoms with Crippen LogP contribution in [0, 0.1) is 0 Å². The summed E-state index contributed by atoms with van der Waals surface area (Å²) in [5.41, 5.74) is 4.38. The number of aromatic nitrogens is 1. The summed E-state index contributed by atoms with van der Waals surface area (Å²) in [4.78, 5) is 4.63. The monoisotopic (exact) mass is 343 g/mol. The van der Waals surface area contributed by atoms with Crippen LogP contribution in [0.25, 0.3) is 11.1 Å². The fourth-order valence-corrected chi connectivity index (χ4v) is 2.79. The van der Waals surface area contributed by atoms with Crippen LogP contribution >= 0.6 is 15.9 Å². The van der Waals surface area contributed by atoms with Crippen LogP contribution in [0.3, 0.4) is 0 Å². The van der Waals surface area contributed by atoms with Gasteiger partial charge in [0.15, 0.2) is 11.5 Å². The van der Waals surface area contributed by atoms with Crippen molar-refractivity contribution in [1.29, 1.82) is 0 Å². The van der Waals surface area contributed by atoms with Crippen LogP contribution in [0.2, 0.25) is 0 Å². The van der Waals surface area contributed by atoms with E-state index in [1.54, 1.807) is 0 Å². The summed E-state index contributed by atoms with van der Waals surface area (Å²) in [7, 11) is 0. The van der Waals surface area contributed by atoms with E-state index in [1.807, 2.05) is 18.2 Å². The topological polar surface area (TPSA) is 26.0 Å². The number of fused-ring (bicyclic) bond motifs is 1. The summed E-state index contributed by atoms with van der Waals surface area (Å²) >= 11 is 3.49. The lowest BCUT2D eigenvalue weighted by molar-refractivity contribution is 0.543. The minimum Gasteiger partial charge on any atom is -0.440 e. The molecule has 0 N–H and O–H groups in total. The lowest BCUT2D eigenvalue weighted by Gasteiger charge is -2.18. The van der Waals surface area contributed by atoms with Gasteiger partial charge >= 0.3 is 0 Å². The number of halogens is 1. The first-order chi connectivity index (χ1) is 9.91. The molecule has 1 heterocycles. The van der Waals surface area contributed by atoms with Crippen molar-refractivity contribution in [3.63, 3.8) is 0 Å². The molecule has 0 saturated carbocycles. The zero-order valence-electron chi connectivity index (χ0n) is 12.5. The first-order valence-electron chi connectivity index (χ1n) is 7.06. The van der Waals surface area contributed by atoms with Crippen molar-refractivity contribution in [3.8, 4) is 0 Å². The molecule has 0 amide bonds. The van der Waals surface area contributed by atoms with Crippen molar-refractivity contribution in [2.75, 3.05) is 0 Å². The van der Waals surface area contributed by atoms with E-state index in [0.29, 0.717) is 6.42 Å². The standard InChI is InChI=1S/C18H18BrNO/c1-18(2,3)13-7-8-16-15(11-13)20-17(21-16)10-12-5-4-6-14(19)9-12/h4-9,11H,10H2,1-3H3.